The summed E-state index contributed by atoms with van der Waals surface area (Å²) in [7, 11) is 0. The fraction of sp³-hybridized carbons (Fsp3) is 0.125. The highest BCUT2D eigenvalue weighted by atomic mass is 79.9. The summed E-state index contributed by atoms with van der Waals surface area (Å²) in [5.41, 5.74) is 0.859. The molecule has 14 heavy (non-hydrogen) atoms. The molecular weight excluding hydrogens is 266 g/mol. The van der Waals surface area contributed by atoms with E-state index >= 15 is 0 Å². The van der Waals surface area contributed by atoms with E-state index in [9.17, 15) is 0 Å². The lowest BCUT2D eigenvalue weighted by Crippen LogP contribution is -1.83. The van der Waals surface area contributed by atoms with Gasteiger partial charge in [-0.05, 0) is 34.6 Å². The van der Waals surface area contributed by atoms with E-state index in [2.05, 4.69) is 30.9 Å². The highest BCUT2D eigenvalue weighted by Gasteiger charge is 2.07. The Labute approximate surface area is 93.3 Å². The van der Waals surface area contributed by atoms with Crippen molar-refractivity contribution in [2.45, 2.75) is 17.2 Å². The molecule has 2 aromatic rings. The SMILES string of the molecule is Cc1coc(Sc2ncncc2Br)n1. The average Bonchev–Trinajstić information content (AvgIpc) is 2.56. The highest BCUT2D eigenvalue weighted by molar-refractivity contribution is 9.10. The van der Waals surface area contributed by atoms with Crippen LogP contribution in [0.1, 0.15) is 5.69 Å². The number of nitrogens with zero attached hydrogens (tertiary/aromatic N) is 3. The van der Waals surface area contributed by atoms with Crippen molar-refractivity contribution >= 4 is 27.7 Å². The number of halogens is 1. The molecule has 6 heteroatoms. The predicted molar refractivity (Wildman–Crippen MR) is 55.1 cm³/mol. The Morgan fingerprint density at radius 2 is 2.36 bits per heavy atom. The Morgan fingerprint density at radius 3 is 3.00 bits per heavy atom. The summed E-state index contributed by atoms with van der Waals surface area (Å²) in [5, 5.41) is 1.38. The molecule has 0 amide bonds. The van der Waals surface area contributed by atoms with Crippen LogP contribution in [-0.4, -0.2) is 15.0 Å². The van der Waals surface area contributed by atoms with Crippen molar-refractivity contribution in [3.63, 3.8) is 0 Å². The maximum Gasteiger partial charge on any atom is 0.262 e. The standard InChI is InChI=1S/C8H6BrN3OS/c1-5-3-13-8(12-5)14-7-6(9)2-10-4-11-7/h2-4H,1H3. The van der Waals surface area contributed by atoms with Crippen molar-refractivity contribution in [2.24, 2.45) is 0 Å². The van der Waals surface area contributed by atoms with Crippen molar-refractivity contribution in [1.29, 1.82) is 0 Å². The zero-order valence-electron chi connectivity index (χ0n) is 7.27. The number of hydrogen-bond donors (Lipinski definition) is 0. The van der Waals surface area contributed by atoms with Gasteiger partial charge in [0.25, 0.3) is 5.22 Å². The molecule has 72 valence electrons. The Balaban J connectivity index is 2.23. The van der Waals surface area contributed by atoms with E-state index in [4.69, 9.17) is 4.42 Å². The molecule has 0 saturated heterocycles. The van der Waals surface area contributed by atoms with E-state index in [0.717, 1.165) is 15.2 Å². The van der Waals surface area contributed by atoms with Gasteiger partial charge in [0, 0.05) is 6.20 Å². The predicted octanol–water partition coefficient (Wildman–Crippen LogP) is 2.69. The lowest BCUT2D eigenvalue weighted by atomic mass is 10.6. The van der Waals surface area contributed by atoms with E-state index in [1.54, 1.807) is 12.5 Å². The first-order valence-electron chi connectivity index (χ1n) is 3.81. The summed E-state index contributed by atoms with van der Waals surface area (Å²) in [4.78, 5) is 12.1. The second kappa shape index (κ2) is 4.10. The van der Waals surface area contributed by atoms with Crippen LogP contribution in [-0.2, 0) is 0 Å². The summed E-state index contributed by atoms with van der Waals surface area (Å²) in [6, 6.07) is 0. The number of hydrogen-bond acceptors (Lipinski definition) is 5. The molecular formula is C8H6BrN3OS. The molecule has 4 nitrogen and oxygen atoms in total. The van der Waals surface area contributed by atoms with Crippen LogP contribution in [0.4, 0.5) is 0 Å². The smallest absolute Gasteiger partial charge is 0.262 e. The molecule has 0 aliphatic heterocycles. The highest BCUT2D eigenvalue weighted by Crippen LogP contribution is 2.29. The monoisotopic (exact) mass is 271 g/mol. The van der Waals surface area contributed by atoms with Crippen LogP contribution < -0.4 is 0 Å². The first kappa shape index (κ1) is 9.67. The topological polar surface area (TPSA) is 51.8 Å². The average molecular weight is 272 g/mol. The second-order valence-corrected chi connectivity index (χ2v) is 4.33. The Morgan fingerprint density at radius 1 is 1.50 bits per heavy atom. The fourth-order valence-electron chi connectivity index (χ4n) is 0.838. The summed E-state index contributed by atoms with van der Waals surface area (Å²) in [5.74, 6) is 0. The molecule has 2 heterocycles. The van der Waals surface area contributed by atoms with Crippen LogP contribution in [0.25, 0.3) is 0 Å². The van der Waals surface area contributed by atoms with Gasteiger partial charge in [0.2, 0.25) is 0 Å². The Bertz CT molecular complexity index is 446. The molecule has 0 atom stereocenters. The van der Waals surface area contributed by atoms with E-state index in [1.807, 2.05) is 6.92 Å². The third-order valence-corrected chi connectivity index (χ3v) is 3.14. The van der Waals surface area contributed by atoms with Gasteiger partial charge in [-0.3, -0.25) is 0 Å². The minimum absolute atomic E-state index is 0.585. The third-order valence-electron chi connectivity index (χ3n) is 1.42. The molecule has 2 rings (SSSR count). The van der Waals surface area contributed by atoms with Gasteiger partial charge in [0.1, 0.15) is 17.6 Å². The minimum Gasteiger partial charge on any atom is -0.439 e. The van der Waals surface area contributed by atoms with Crippen LogP contribution in [0.3, 0.4) is 0 Å². The van der Waals surface area contributed by atoms with Crippen LogP contribution in [0.5, 0.6) is 0 Å². The molecule has 0 fully saturated rings. The first-order chi connectivity index (χ1) is 6.75. The summed E-state index contributed by atoms with van der Waals surface area (Å²) >= 11 is 4.70. The van der Waals surface area contributed by atoms with Gasteiger partial charge in [-0.25, -0.2) is 15.0 Å². The van der Waals surface area contributed by atoms with Crippen LogP contribution in [0.15, 0.2) is 37.9 Å². The van der Waals surface area contributed by atoms with E-state index < -0.39 is 0 Å². The van der Waals surface area contributed by atoms with Crippen molar-refractivity contribution in [1.82, 2.24) is 15.0 Å². The molecule has 0 saturated carbocycles. The lowest BCUT2D eigenvalue weighted by Gasteiger charge is -1.96. The van der Waals surface area contributed by atoms with Crippen molar-refractivity contribution in [3.8, 4) is 0 Å². The van der Waals surface area contributed by atoms with Crippen LogP contribution >= 0.6 is 27.7 Å². The zero-order chi connectivity index (χ0) is 9.97. The second-order valence-electron chi connectivity index (χ2n) is 2.53. The van der Waals surface area contributed by atoms with Crippen LogP contribution in [0.2, 0.25) is 0 Å². The number of oxazole rings is 1. The molecule has 0 aliphatic carbocycles. The van der Waals surface area contributed by atoms with E-state index in [0.29, 0.717) is 5.22 Å². The van der Waals surface area contributed by atoms with Gasteiger partial charge < -0.3 is 4.42 Å². The normalized spacial score (nSPS) is 10.4. The van der Waals surface area contributed by atoms with Crippen molar-refractivity contribution < 1.29 is 4.42 Å². The first-order valence-corrected chi connectivity index (χ1v) is 5.42. The minimum atomic E-state index is 0.585. The molecule has 0 bridgehead atoms. The van der Waals surface area contributed by atoms with Gasteiger partial charge in [0.05, 0.1) is 10.2 Å². The number of aryl methyl sites for hydroxylation is 1. The molecule has 0 unspecified atom stereocenters. The van der Waals surface area contributed by atoms with Gasteiger partial charge in [-0.1, -0.05) is 0 Å². The lowest BCUT2D eigenvalue weighted by molar-refractivity contribution is 0.453. The van der Waals surface area contributed by atoms with Gasteiger partial charge in [-0.15, -0.1) is 0 Å². The maximum absolute atomic E-state index is 5.19. The molecule has 0 radical (unpaired) electrons. The quantitative estimate of drug-likeness (QED) is 0.787. The van der Waals surface area contributed by atoms with E-state index in [-0.39, 0.29) is 0 Å². The zero-order valence-corrected chi connectivity index (χ0v) is 9.67. The van der Waals surface area contributed by atoms with E-state index in [1.165, 1.54) is 18.1 Å². The largest absolute Gasteiger partial charge is 0.439 e. The fourth-order valence-corrected chi connectivity index (χ4v) is 2.00. The summed E-state index contributed by atoms with van der Waals surface area (Å²) in [6.45, 7) is 1.88. The molecule has 0 aromatic carbocycles. The third kappa shape index (κ3) is 2.13. The summed E-state index contributed by atoms with van der Waals surface area (Å²) < 4.78 is 6.03. The molecule has 0 N–H and O–H groups in total. The number of rotatable bonds is 2. The molecule has 2 aromatic heterocycles. The van der Waals surface area contributed by atoms with Gasteiger partial charge >= 0.3 is 0 Å². The molecule has 0 aliphatic rings. The van der Waals surface area contributed by atoms with Crippen LogP contribution in [0, 0.1) is 6.92 Å². The summed E-state index contributed by atoms with van der Waals surface area (Å²) in [6.07, 6.45) is 4.78. The van der Waals surface area contributed by atoms with Gasteiger partial charge in [0.15, 0.2) is 0 Å². The Hall–Kier alpha value is -0.880. The number of aromatic nitrogens is 3. The van der Waals surface area contributed by atoms with Crippen molar-refractivity contribution in [2.75, 3.05) is 0 Å². The van der Waals surface area contributed by atoms with Crippen molar-refractivity contribution in [3.05, 3.63) is 29.0 Å². The maximum atomic E-state index is 5.19. The Kier molecular flexibility index (Phi) is 2.83. The van der Waals surface area contributed by atoms with Gasteiger partial charge in [-0.2, -0.15) is 0 Å². The molecule has 0 spiro atoms.